The van der Waals surface area contributed by atoms with Crippen molar-refractivity contribution in [1.82, 2.24) is 4.90 Å². The van der Waals surface area contributed by atoms with Crippen LogP contribution in [-0.2, 0) is 6.42 Å². The molecular formula is C14H24N2O. The molecule has 3 nitrogen and oxygen atoms in total. The molecule has 3 heteroatoms. The van der Waals surface area contributed by atoms with Crippen LogP contribution in [0.2, 0.25) is 0 Å². The number of benzene rings is 1. The third-order valence-corrected chi connectivity index (χ3v) is 3.21. The Morgan fingerprint density at radius 3 is 2.24 bits per heavy atom. The number of hydrogen-bond donors (Lipinski definition) is 1. The number of nitrogens with zero attached hydrogens (tertiary/aromatic N) is 1. The summed E-state index contributed by atoms with van der Waals surface area (Å²) in [7, 11) is 5.85. The van der Waals surface area contributed by atoms with Crippen LogP contribution in [0.15, 0.2) is 24.3 Å². The van der Waals surface area contributed by atoms with E-state index in [0.29, 0.717) is 6.04 Å². The Labute approximate surface area is 105 Å². The van der Waals surface area contributed by atoms with Crippen molar-refractivity contribution in [2.24, 2.45) is 5.73 Å². The molecule has 96 valence electrons. The molecule has 0 aliphatic heterocycles. The normalized spacial score (nSPS) is 14.7. The lowest BCUT2D eigenvalue weighted by molar-refractivity contribution is 0.245. The molecule has 1 aromatic rings. The van der Waals surface area contributed by atoms with Crippen molar-refractivity contribution in [1.29, 1.82) is 0 Å². The topological polar surface area (TPSA) is 38.5 Å². The van der Waals surface area contributed by atoms with E-state index in [1.54, 1.807) is 7.11 Å². The molecular weight excluding hydrogens is 212 g/mol. The first-order valence-electron chi connectivity index (χ1n) is 6.13. The summed E-state index contributed by atoms with van der Waals surface area (Å²) in [5, 5.41) is 0. The van der Waals surface area contributed by atoms with Gasteiger partial charge in [0.25, 0.3) is 0 Å². The number of ether oxygens (including phenoxy) is 1. The molecule has 0 spiro atoms. The van der Waals surface area contributed by atoms with E-state index in [1.807, 2.05) is 12.1 Å². The molecule has 1 aromatic carbocycles. The van der Waals surface area contributed by atoms with E-state index in [0.717, 1.165) is 18.6 Å². The summed E-state index contributed by atoms with van der Waals surface area (Å²) >= 11 is 0. The predicted octanol–water partition coefficient (Wildman–Crippen LogP) is 1.91. The van der Waals surface area contributed by atoms with Crippen molar-refractivity contribution in [3.63, 3.8) is 0 Å². The summed E-state index contributed by atoms with van der Waals surface area (Å²) in [6.07, 6.45) is 1.98. The first kappa shape index (κ1) is 14.0. The number of hydrogen-bond acceptors (Lipinski definition) is 3. The van der Waals surface area contributed by atoms with Crippen LogP contribution in [0.5, 0.6) is 5.75 Å². The minimum absolute atomic E-state index is 0.170. The van der Waals surface area contributed by atoms with Crippen molar-refractivity contribution in [3.05, 3.63) is 29.8 Å². The number of likely N-dealkylation sites (N-methyl/N-ethyl adjacent to an activating group) is 1. The Bertz CT molecular complexity index is 321. The maximum absolute atomic E-state index is 6.26. The Morgan fingerprint density at radius 1 is 1.24 bits per heavy atom. The quantitative estimate of drug-likeness (QED) is 0.820. The number of rotatable bonds is 6. The second kappa shape index (κ2) is 6.62. The third kappa shape index (κ3) is 4.02. The van der Waals surface area contributed by atoms with Crippen LogP contribution >= 0.6 is 0 Å². The smallest absolute Gasteiger partial charge is 0.118 e. The van der Waals surface area contributed by atoms with Gasteiger partial charge in [-0.3, -0.25) is 0 Å². The molecule has 0 bridgehead atoms. The van der Waals surface area contributed by atoms with Gasteiger partial charge in [-0.05, 0) is 44.6 Å². The average molecular weight is 236 g/mol. The molecule has 0 fully saturated rings. The molecule has 0 heterocycles. The Hall–Kier alpha value is -1.06. The zero-order valence-electron chi connectivity index (χ0n) is 11.3. The molecule has 0 saturated carbocycles. The van der Waals surface area contributed by atoms with Crippen LogP contribution in [0, 0.1) is 0 Å². The van der Waals surface area contributed by atoms with E-state index in [2.05, 4.69) is 38.1 Å². The molecule has 17 heavy (non-hydrogen) atoms. The summed E-state index contributed by atoms with van der Waals surface area (Å²) in [4.78, 5) is 2.20. The number of methoxy groups -OCH3 is 1. The van der Waals surface area contributed by atoms with Crippen LogP contribution in [0.25, 0.3) is 0 Å². The maximum atomic E-state index is 6.26. The molecule has 0 saturated heterocycles. The second-order valence-electron chi connectivity index (χ2n) is 4.66. The Kier molecular flexibility index (Phi) is 5.45. The highest BCUT2D eigenvalue weighted by Gasteiger charge is 2.18. The standard InChI is InChI=1S/C14H24N2O/c1-5-14(16(2)3)13(15)10-11-6-8-12(17-4)9-7-11/h6-9,13-14H,5,10,15H2,1-4H3. The molecule has 0 radical (unpaired) electrons. The van der Waals surface area contributed by atoms with Crippen LogP contribution in [0.4, 0.5) is 0 Å². The molecule has 0 aliphatic rings. The highest BCUT2D eigenvalue weighted by Crippen LogP contribution is 2.14. The first-order valence-corrected chi connectivity index (χ1v) is 6.13. The van der Waals surface area contributed by atoms with Gasteiger partial charge in [0.15, 0.2) is 0 Å². The SMILES string of the molecule is CCC(C(N)Cc1ccc(OC)cc1)N(C)C. The second-order valence-corrected chi connectivity index (χ2v) is 4.66. The highest BCUT2D eigenvalue weighted by molar-refractivity contribution is 5.27. The van der Waals surface area contributed by atoms with E-state index in [4.69, 9.17) is 10.5 Å². The van der Waals surface area contributed by atoms with Crippen LogP contribution in [-0.4, -0.2) is 38.2 Å². The third-order valence-electron chi connectivity index (χ3n) is 3.21. The molecule has 0 aromatic heterocycles. The average Bonchev–Trinajstić information content (AvgIpc) is 2.30. The van der Waals surface area contributed by atoms with Crippen molar-refractivity contribution in [3.8, 4) is 5.75 Å². The fraction of sp³-hybridized carbons (Fsp3) is 0.571. The van der Waals surface area contributed by atoms with E-state index in [1.165, 1.54) is 5.56 Å². The van der Waals surface area contributed by atoms with Crippen LogP contribution in [0.3, 0.4) is 0 Å². The van der Waals surface area contributed by atoms with Gasteiger partial charge in [0.2, 0.25) is 0 Å². The summed E-state index contributed by atoms with van der Waals surface area (Å²) in [6, 6.07) is 8.74. The Morgan fingerprint density at radius 2 is 1.82 bits per heavy atom. The van der Waals surface area contributed by atoms with E-state index in [-0.39, 0.29) is 6.04 Å². The lowest BCUT2D eigenvalue weighted by Gasteiger charge is -2.29. The van der Waals surface area contributed by atoms with Gasteiger partial charge in [-0.2, -0.15) is 0 Å². The number of nitrogens with two attached hydrogens (primary N) is 1. The predicted molar refractivity (Wildman–Crippen MR) is 72.4 cm³/mol. The molecule has 1 rings (SSSR count). The summed E-state index contributed by atoms with van der Waals surface area (Å²) in [6.45, 7) is 2.18. The van der Waals surface area contributed by atoms with Crippen molar-refractivity contribution in [2.75, 3.05) is 21.2 Å². The Balaban J connectivity index is 2.63. The molecule has 2 N–H and O–H groups in total. The van der Waals surface area contributed by atoms with Crippen LogP contribution < -0.4 is 10.5 Å². The highest BCUT2D eigenvalue weighted by atomic mass is 16.5. The van der Waals surface area contributed by atoms with Crippen LogP contribution in [0.1, 0.15) is 18.9 Å². The van der Waals surface area contributed by atoms with Gasteiger partial charge in [-0.1, -0.05) is 19.1 Å². The van der Waals surface area contributed by atoms with E-state index < -0.39 is 0 Å². The lowest BCUT2D eigenvalue weighted by atomic mass is 9.98. The minimum Gasteiger partial charge on any atom is -0.497 e. The lowest BCUT2D eigenvalue weighted by Crippen LogP contribution is -2.45. The summed E-state index contributed by atoms with van der Waals surface area (Å²) < 4.78 is 5.14. The van der Waals surface area contributed by atoms with Gasteiger partial charge in [0.1, 0.15) is 5.75 Å². The zero-order chi connectivity index (χ0) is 12.8. The van der Waals surface area contributed by atoms with Gasteiger partial charge in [0.05, 0.1) is 7.11 Å². The van der Waals surface area contributed by atoms with E-state index in [9.17, 15) is 0 Å². The summed E-state index contributed by atoms with van der Waals surface area (Å²) in [5.74, 6) is 0.891. The molecule has 2 unspecified atom stereocenters. The minimum atomic E-state index is 0.170. The van der Waals surface area contributed by atoms with Crippen molar-refractivity contribution < 1.29 is 4.74 Å². The molecule has 0 amide bonds. The summed E-state index contributed by atoms with van der Waals surface area (Å²) in [5.41, 5.74) is 7.52. The monoisotopic (exact) mass is 236 g/mol. The van der Waals surface area contributed by atoms with E-state index >= 15 is 0 Å². The van der Waals surface area contributed by atoms with Crippen molar-refractivity contribution in [2.45, 2.75) is 31.8 Å². The fourth-order valence-electron chi connectivity index (χ4n) is 2.22. The first-order chi connectivity index (χ1) is 8.08. The van der Waals surface area contributed by atoms with Crippen molar-refractivity contribution >= 4 is 0 Å². The van der Waals surface area contributed by atoms with Gasteiger partial charge in [0, 0.05) is 12.1 Å². The van der Waals surface area contributed by atoms with Gasteiger partial charge in [-0.25, -0.2) is 0 Å². The fourth-order valence-corrected chi connectivity index (χ4v) is 2.22. The largest absolute Gasteiger partial charge is 0.497 e. The zero-order valence-corrected chi connectivity index (χ0v) is 11.3. The van der Waals surface area contributed by atoms with Gasteiger partial charge < -0.3 is 15.4 Å². The van der Waals surface area contributed by atoms with Gasteiger partial charge in [-0.15, -0.1) is 0 Å². The molecule has 0 aliphatic carbocycles. The van der Waals surface area contributed by atoms with Gasteiger partial charge >= 0.3 is 0 Å². The molecule has 2 atom stereocenters. The maximum Gasteiger partial charge on any atom is 0.118 e.